The number of nitrogens with one attached hydrogen (secondary N) is 2. The molecule has 1 saturated heterocycles. The molecular weight excluding hydrogens is 298 g/mol. The molecule has 22 heavy (non-hydrogen) atoms. The second kappa shape index (κ2) is 8.29. The number of hydrogen-bond acceptors (Lipinski definition) is 4. The molecule has 3 amide bonds. The normalized spacial score (nSPS) is 22.3. The Kier molecular flexibility index (Phi) is 6.39. The maximum atomic E-state index is 11.9. The van der Waals surface area contributed by atoms with Gasteiger partial charge in [-0.2, -0.15) is 0 Å². The van der Waals surface area contributed by atoms with Crippen LogP contribution >= 0.6 is 11.3 Å². The van der Waals surface area contributed by atoms with Crippen LogP contribution in [0.15, 0.2) is 17.5 Å². The standard InChI is InChI=1S/C16H25N3O2S/c1-12-8-13(2)10-19(9-12)11-15(20)18-16(21)17-6-5-14-4-3-7-22-14/h3-4,7,12-13H,5-6,8-11H2,1-2H3,(H2,17,18,20,21). The van der Waals surface area contributed by atoms with Crippen molar-refractivity contribution in [1.82, 2.24) is 15.5 Å². The minimum atomic E-state index is -0.403. The molecule has 2 rings (SSSR count). The fourth-order valence-corrected chi connectivity index (χ4v) is 3.80. The number of carbonyl (C=O) groups excluding carboxylic acids is 2. The third kappa shape index (κ3) is 5.77. The molecule has 1 aromatic heterocycles. The molecular formula is C16H25N3O2S. The Labute approximate surface area is 136 Å². The summed E-state index contributed by atoms with van der Waals surface area (Å²) < 4.78 is 0. The monoisotopic (exact) mass is 323 g/mol. The quantitative estimate of drug-likeness (QED) is 0.872. The molecule has 0 aliphatic carbocycles. The van der Waals surface area contributed by atoms with Crippen molar-refractivity contribution < 1.29 is 9.59 Å². The summed E-state index contributed by atoms with van der Waals surface area (Å²) in [5.41, 5.74) is 0. The number of imide groups is 1. The summed E-state index contributed by atoms with van der Waals surface area (Å²) in [4.78, 5) is 27.0. The van der Waals surface area contributed by atoms with Gasteiger partial charge in [0.25, 0.3) is 0 Å². The molecule has 2 unspecified atom stereocenters. The third-order valence-corrected chi connectivity index (χ3v) is 4.74. The molecule has 0 spiro atoms. The van der Waals surface area contributed by atoms with Crippen LogP contribution < -0.4 is 10.6 Å². The molecule has 2 N–H and O–H groups in total. The Hall–Kier alpha value is -1.40. The zero-order valence-corrected chi connectivity index (χ0v) is 14.1. The number of urea groups is 1. The predicted octanol–water partition coefficient (Wildman–Crippen LogP) is 2.09. The fourth-order valence-electron chi connectivity index (χ4n) is 3.09. The van der Waals surface area contributed by atoms with Crippen LogP contribution in [-0.2, 0) is 11.2 Å². The molecule has 0 saturated carbocycles. The van der Waals surface area contributed by atoms with Gasteiger partial charge in [0, 0.05) is 24.5 Å². The van der Waals surface area contributed by atoms with Gasteiger partial charge < -0.3 is 5.32 Å². The van der Waals surface area contributed by atoms with Crippen LogP contribution in [0.4, 0.5) is 4.79 Å². The predicted molar refractivity (Wildman–Crippen MR) is 88.9 cm³/mol. The van der Waals surface area contributed by atoms with E-state index in [2.05, 4.69) is 29.4 Å². The lowest BCUT2D eigenvalue weighted by molar-refractivity contribution is -0.121. The molecule has 1 aliphatic rings. The van der Waals surface area contributed by atoms with Crippen molar-refractivity contribution in [3.05, 3.63) is 22.4 Å². The first-order chi connectivity index (χ1) is 10.5. The Morgan fingerprint density at radius 1 is 1.32 bits per heavy atom. The molecule has 1 fully saturated rings. The summed E-state index contributed by atoms with van der Waals surface area (Å²) in [5, 5.41) is 7.15. The fraction of sp³-hybridized carbons (Fsp3) is 0.625. The molecule has 0 aromatic carbocycles. The molecule has 0 bridgehead atoms. The van der Waals surface area contributed by atoms with Gasteiger partial charge in [-0.3, -0.25) is 15.0 Å². The van der Waals surface area contributed by atoms with E-state index in [1.807, 2.05) is 17.5 Å². The number of likely N-dealkylation sites (tertiary alicyclic amines) is 1. The van der Waals surface area contributed by atoms with Crippen molar-refractivity contribution in [2.45, 2.75) is 26.7 Å². The Morgan fingerprint density at radius 2 is 2.05 bits per heavy atom. The highest BCUT2D eigenvalue weighted by Crippen LogP contribution is 2.20. The second-order valence-electron chi connectivity index (χ2n) is 6.27. The first-order valence-corrected chi connectivity index (χ1v) is 8.73. The van der Waals surface area contributed by atoms with Crippen LogP contribution in [0, 0.1) is 11.8 Å². The van der Waals surface area contributed by atoms with Gasteiger partial charge in [0.05, 0.1) is 6.54 Å². The number of nitrogens with zero attached hydrogens (tertiary/aromatic N) is 1. The topological polar surface area (TPSA) is 61.4 Å². The van der Waals surface area contributed by atoms with Gasteiger partial charge in [-0.05, 0) is 36.1 Å². The van der Waals surface area contributed by atoms with Crippen LogP contribution in [0.2, 0.25) is 0 Å². The average Bonchev–Trinajstić information content (AvgIpc) is 2.90. The van der Waals surface area contributed by atoms with E-state index in [0.29, 0.717) is 24.9 Å². The van der Waals surface area contributed by atoms with Gasteiger partial charge in [-0.25, -0.2) is 4.79 Å². The van der Waals surface area contributed by atoms with Crippen LogP contribution in [0.3, 0.4) is 0 Å². The number of carbonyl (C=O) groups is 2. The minimum absolute atomic E-state index is 0.227. The summed E-state index contributed by atoms with van der Waals surface area (Å²) in [5.74, 6) is 0.988. The minimum Gasteiger partial charge on any atom is -0.337 e. The molecule has 6 heteroatoms. The molecule has 1 aliphatic heterocycles. The number of rotatable bonds is 5. The SMILES string of the molecule is CC1CC(C)CN(CC(=O)NC(=O)NCCc2cccs2)C1. The van der Waals surface area contributed by atoms with Crippen molar-refractivity contribution in [2.24, 2.45) is 11.8 Å². The van der Waals surface area contributed by atoms with E-state index in [1.165, 1.54) is 11.3 Å². The van der Waals surface area contributed by atoms with Crippen LogP contribution in [0.1, 0.15) is 25.1 Å². The molecule has 0 radical (unpaired) electrons. The van der Waals surface area contributed by atoms with Gasteiger partial charge >= 0.3 is 6.03 Å². The van der Waals surface area contributed by atoms with Crippen molar-refractivity contribution >= 4 is 23.3 Å². The van der Waals surface area contributed by atoms with Crippen molar-refractivity contribution in [2.75, 3.05) is 26.2 Å². The van der Waals surface area contributed by atoms with E-state index in [9.17, 15) is 9.59 Å². The van der Waals surface area contributed by atoms with Crippen molar-refractivity contribution in [3.63, 3.8) is 0 Å². The lowest BCUT2D eigenvalue weighted by Crippen LogP contribution is -2.48. The number of hydrogen-bond donors (Lipinski definition) is 2. The maximum Gasteiger partial charge on any atom is 0.321 e. The van der Waals surface area contributed by atoms with Crippen LogP contribution in [0.25, 0.3) is 0 Å². The summed E-state index contributed by atoms with van der Waals surface area (Å²) in [6, 6.07) is 3.62. The van der Waals surface area contributed by atoms with E-state index >= 15 is 0 Å². The third-order valence-electron chi connectivity index (χ3n) is 3.80. The molecule has 5 nitrogen and oxygen atoms in total. The Bertz CT molecular complexity index is 480. The average molecular weight is 323 g/mol. The summed E-state index contributed by atoms with van der Waals surface area (Å²) in [6.07, 6.45) is 2.00. The largest absolute Gasteiger partial charge is 0.337 e. The van der Waals surface area contributed by atoms with E-state index in [0.717, 1.165) is 19.5 Å². The summed E-state index contributed by atoms with van der Waals surface area (Å²) in [6.45, 7) is 7.11. The molecule has 122 valence electrons. The maximum absolute atomic E-state index is 11.9. The van der Waals surface area contributed by atoms with Crippen LogP contribution in [0.5, 0.6) is 0 Å². The zero-order chi connectivity index (χ0) is 15.9. The van der Waals surface area contributed by atoms with Crippen molar-refractivity contribution in [3.8, 4) is 0 Å². The van der Waals surface area contributed by atoms with E-state index in [4.69, 9.17) is 0 Å². The van der Waals surface area contributed by atoms with Crippen LogP contribution in [-0.4, -0.2) is 43.0 Å². The van der Waals surface area contributed by atoms with Gasteiger partial charge in [-0.1, -0.05) is 19.9 Å². The summed E-state index contributed by atoms with van der Waals surface area (Å²) >= 11 is 1.67. The van der Waals surface area contributed by atoms with Crippen molar-refractivity contribution in [1.29, 1.82) is 0 Å². The van der Waals surface area contributed by atoms with Gasteiger partial charge in [0.1, 0.15) is 0 Å². The highest BCUT2D eigenvalue weighted by Gasteiger charge is 2.23. The van der Waals surface area contributed by atoms with Gasteiger partial charge in [-0.15, -0.1) is 11.3 Å². The van der Waals surface area contributed by atoms with E-state index < -0.39 is 6.03 Å². The van der Waals surface area contributed by atoms with E-state index in [1.54, 1.807) is 11.3 Å². The molecule has 1 aromatic rings. The van der Waals surface area contributed by atoms with Gasteiger partial charge in [0.2, 0.25) is 5.91 Å². The number of thiophene rings is 1. The second-order valence-corrected chi connectivity index (χ2v) is 7.31. The number of piperidine rings is 1. The lowest BCUT2D eigenvalue weighted by Gasteiger charge is -2.34. The Morgan fingerprint density at radius 3 is 2.68 bits per heavy atom. The molecule has 2 atom stereocenters. The number of amides is 3. The zero-order valence-electron chi connectivity index (χ0n) is 13.3. The Balaban J connectivity index is 1.64. The highest BCUT2D eigenvalue weighted by molar-refractivity contribution is 7.09. The first kappa shape index (κ1) is 17.0. The first-order valence-electron chi connectivity index (χ1n) is 7.85. The lowest BCUT2D eigenvalue weighted by atomic mass is 9.92. The molecule has 2 heterocycles. The van der Waals surface area contributed by atoms with Gasteiger partial charge in [0.15, 0.2) is 0 Å². The highest BCUT2D eigenvalue weighted by atomic mass is 32.1. The van der Waals surface area contributed by atoms with E-state index in [-0.39, 0.29) is 5.91 Å². The summed E-state index contributed by atoms with van der Waals surface area (Å²) in [7, 11) is 0. The smallest absolute Gasteiger partial charge is 0.321 e.